The highest BCUT2D eigenvalue weighted by atomic mass is 32.2. The summed E-state index contributed by atoms with van der Waals surface area (Å²) in [6.07, 6.45) is 7.71. The molecule has 0 radical (unpaired) electrons. The second-order valence-electron chi connectivity index (χ2n) is 6.13. The second-order valence-corrected chi connectivity index (χ2v) is 7.09. The first-order valence-electron chi connectivity index (χ1n) is 7.87. The Hall–Kier alpha value is -0.710. The average Bonchev–Trinajstić information content (AvgIpc) is 2.48. The molecule has 1 aliphatic carbocycles. The van der Waals surface area contributed by atoms with Crippen LogP contribution in [0, 0.1) is 5.41 Å². The Morgan fingerprint density at radius 3 is 2.75 bits per heavy atom. The zero-order valence-electron chi connectivity index (χ0n) is 12.7. The average molecular weight is 297 g/mol. The van der Waals surface area contributed by atoms with Crippen LogP contribution in [-0.4, -0.2) is 36.0 Å². The topological polar surface area (TPSA) is 53.5 Å². The van der Waals surface area contributed by atoms with Crippen molar-refractivity contribution in [3.63, 3.8) is 0 Å². The van der Waals surface area contributed by atoms with Crippen LogP contribution >= 0.6 is 11.8 Å². The van der Waals surface area contributed by atoms with Gasteiger partial charge < -0.3 is 10.6 Å². The highest BCUT2D eigenvalue weighted by molar-refractivity contribution is 8.13. The molecule has 0 aromatic heterocycles. The largest absolute Gasteiger partial charge is 0.354 e. The number of carbonyl (C=O) groups is 1. The van der Waals surface area contributed by atoms with E-state index in [1.165, 1.54) is 32.1 Å². The Morgan fingerprint density at radius 1 is 1.40 bits per heavy atom. The number of amides is 1. The molecule has 1 amide bonds. The molecular formula is C15H27N3OS. The summed E-state index contributed by atoms with van der Waals surface area (Å²) < 4.78 is 0. The van der Waals surface area contributed by atoms with Crippen LogP contribution in [0.2, 0.25) is 0 Å². The number of aliphatic imine (C=N–C) groups is 1. The minimum absolute atomic E-state index is 0.0631. The van der Waals surface area contributed by atoms with E-state index in [0.717, 1.165) is 30.4 Å². The molecule has 2 aliphatic rings. The van der Waals surface area contributed by atoms with Gasteiger partial charge in [-0.25, -0.2) is 0 Å². The molecule has 1 heterocycles. The fourth-order valence-electron chi connectivity index (χ4n) is 2.90. The van der Waals surface area contributed by atoms with E-state index >= 15 is 0 Å². The standard InChI is InChI=1S/C15H27N3OS/c1-3-9-16-13(19)12(2)18-14-17-10-15(11-20-14)7-5-4-6-8-15/h12H,3-11H2,1-2H3,(H,16,19)(H,17,18). The van der Waals surface area contributed by atoms with E-state index in [-0.39, 0.29) is 11.9 Å². The number of nitrogens with zero attached hydrogens (tertiary/aromatic N) is 1. The van der Waals surface area contributed by atoms with Gasteiger partial charge in [-0.3, -0.25) is 9.79 Å². The van der Waals surface area contributed by atoms with E-state index in [2.05, 4.69) is 17.6 Å². The van der Waals surface area contributed by atoms with Gasteiger partial charge in [-0.15, -0.1) is 0 Å². The van der Waals surface area contributed by atoms with Crippen molar-refractivity contribution < 1.29 is 4.79 Å². The van der Waals surface area contributed by atoms with Crippen molar-refractivity contribution in [1.29, 1.82) is 0 Å². The highest BCUT2D eigenvalue weighted by Gasteiger charge is 2.35. The summed E-state index contributed by atoms with van der Waals surface area (Å²) in [5.41, 5.74) is 0.446. The zero-order valence-corrected chi connectivity index (χ0v) is 13.5. The molecule has 1 spiro atoms. The lowest BCUT2D eigenvalue weighted by Gasteiger charge is -2.38. The predicted molar refractivity (Wildman–Crippen MR) is 86.2 cm³/mol. The third kappa shape index (κ3) is 4.14. The summed E-state index contributed by atoms with van der Waals surface area (Å²) in [5.74, 6) is 1.22. The minimum Gasteiger partial charge on any atom is -0.354 e. The summed E-state index contributed by atoms with van der Waals surface area (Å²) in [5, 5.41) is 7.11. The molecule has 0 aromatic carbocycles. The van der Waals surface area contributed by atoms with Gasteiger partial charge in [0.2, 0.25) is 5.91 Å². The number of carbonyl (C=O) groups excluding carboxylic acids is 1. The van der Waals surface area contributed by atoms with Crippen LogP contribution < -0.4 is 10.6 Å². The van der Waals surface area contributed by atoms with Crippen LogP contribution in [0.25, 0.3) is 0 Å². The summed E-state index contributed by atoms with van der Waals surface area (Å²) in [4.78, 5) is 16.5. The maximum absolute atomic E-state index is 11.8. The number of hydrogen-bond acceptors (Lipinski definition) is 4. The first kappa shape index (κ1) is 15.7. The molecule has 0 bridgehead atoms. The summed E-state index contributed by atoms with van der Waals surface area (Å²) >= 11 is 1.80. The summed E-state index contributed by atoms with van der Waals surface area (Å²) in [6.45, 7) is 5.64. The van der Waals surface area contributed by atoms with Gasteiger partial charge in [0.1, 0.15) is 6.04 Å². The van der Waals surface area contributed by atoms with Crippen molar-refractivity contribution in [3.05, 3.63) is 0 Å². The molecule has 1 saturated carbocycles. The van der Waals surface area contributed by atoms with Crippen molar-refractivity contribution in [1.82, 2.24) is 10.6 Å². The SMILES string of the molecule is CCCNC(=O)C(C)NC1=NCC2(CCCCC2)CS1. The molecule has 1 aliphatic heterocycles. The number of thioether (sulfide) groups is 1. The second kappa shape index (κ2) is 7.34. The quantitative estimate of drug-likeness (QED) is 0.838. The van der Waals surface area contributed by atoms with Crippen molar-refractivity contribution in [3.8, 4) is 0 Å². The Labute approximate surface area is 126 Å². The van der Waals surface area contributed by atoms with Gasteiger partial charge in [0.15, 0.2) is 5.17 Å². The van der Waals surface area contributed by atoms with Gasteiger partial charge in [0.25, 0.3) is 0 Å². The van der Waals surface area contributed by atoms with Crippen molar-refractivity contribution in [2.45, 2.75) is 58.4 Å². The molecule has 1 unspecified atom stereocenters. The molecule has 0 aromatic rings. The van der Waals surface area contributed by atoms with Gasteiger partial charge in [0, 0.05) is 18.8 Å². The fourth-order valence-corrected chi connectivity index (χ4v) is 4.13. The molecule has 1 fully saturated rings. The lowest BCUT2D eigenvalue weighted by Crippen LogP contribution is -2.46. The molecule has 2 N–H and O–H groups in total. The van der Waals surface area contributed by atoms with Crippen LogP contribution in [0.4, 0.5) is 0 Å². The van der Waals surface area contributed by atoms with E-state index < -0.39 is 0 Å². The third-order valence-corrected chi connectivity index (χ3v) is 5.55. The first-order valence-corrected chi connectivity index (χ1v) is 8.85. The smallest absolute Gasteiger partial charge is 0.242 e. The third-order valence-electron chi connectivity index (χ3n) is 4.27. The Balaban J connectivity index is 1.81. The predicted octanol–water partition coefficient (Wildman–Crippen LogP) is 2.54. The van der Waals surface area contributed by atoms with Gasteiger partial charge >= 0.3 is 0 Å². The van der Waals surface area contributed by atoms with E-state index in [0.29, 0.717) is 5.41 Å². The maximum atomic E-state index is 11.8. The van der Waals surface area contributed by atoms with Gasteiger partial charge in [-0.2, -0.15) is 0 Å². The van der Waals surface area contributed by atoms with Crippen LogP contribution in [-0.2, 0) is 4.79 Å². The lowest BCUT2D eigenvalue weighted by molar-refractivity contribution is -0.122. The van der Waals surface area contributed by atoms with E-state index in [9.17, 15) is 4.79 Å². The molecule has 2 rings (SSSR count). The zero-order chi connectivity index (χ0) is 14.4. The molecule has 5 heteroatoms. The number of amidine groups is 1. The van der Waals surface area contributed by atoms with Crippen molar-refractivity contribution >= 4 is 22.8 Å². The fraction of sp³-hybridized carbons (Fsp3) is 0.867. The van der Waals surface area contributed by atoms with Crippen LogP contribution in [0.1, 0.15) is 52.4 Å². The first-order chi connectivity index (χ1) is 9.65. The van der Waals surface area contributed by atoms with E-state index in [4.69, 9.17) is 4.99 Å². The van der Waals surface area contributed by atoms with Crippen LogP contribution in [0.15, 0.2) is 4.99 Å². The van der Waals surface area contributed by atoms with Gasteiger partial charge in [-0.05, 0) is 31.6 Å². The maximum Gasteiger partial charge on any atom is 0.242 e. The number of rotatable bonds is 4. The van der Waals surface area contributed by atoms with E-state index in [1.807, 2.05) is 6.92 Å². The molecular weight excluding hydrogens is 270 g/mol. The molecule has 1 atom stereocenters. The van der Waals surface area contributed by atoms with Crippen molar-refractivity contribution in [2.75, 3.05) is 18.8 Å². The normalized spacial score (nSPS) is 23.0. The number of nitrogens with one attached hydrogen (secondary N) is 2. The number of hydrogen-bond donors (Lipinski definition) is 2. The lowest BCUT2D eigenvalue weighted by atomic mass is 9.75. The Bertz CT molecular complexity index is 364. The molecule has 20 heavy (non-hydrogen) atoms. The van der Waals surface area contributed by atoms with Crippen LogP contribution in [0.3, 0.4) is 0 Å². The molecule has 0 saturated heterocycles. The van der Waals surface area contributed by atoms with Gasteiger partial charge in [0.05, 0.1) is 0 Å². The Morgan fingerprint density at radius 2 is 2.15 bits per heavy atom. The summed E-state index contributed by atoms with van der Waals surface area (Å²) in [6, 6.07) is -0.201. The monoisotopic (exact) mass is 297 g/mol. The van der Waals surface area contributed by atoms with Gasteiger partial charge in [-0.1, -0.05) is 37.9 Å². The molecule has 4 nitrogen and oxygen atoms in total. The van der Waals surface area contributed by atoms with E-state index in [1.54, 1.807) is 11.8 Å². The van der Waals surface area contributed by atoms with Crippen molar-refractivity contribution in [2.24, 2.45) is 10.4 Å². The van der Waals surface area contributed by atoms with Crippen LogP contribution in [0.5, 0.6) is 0 Å². The molecule has 114 valence electrons. The Kier molecular flexibility index (Phi) is 5.75. The minimum atomic E-state index is -0.201. The highest BCUT2D eigenvalue weighted by Crippen LogP contribution is 2.41. The summed E-state index contributed by atoms with van der Waals surface area (Å²) in [7, 11) is 0.